The van der Waals surface area contributed by atoms with Gasteiger partial charge in [0.15, 0.2) is 11.3 Å². The Labute approximate surface area is 145 Å². The van der Waals surface area contributed by atoms with Gasteiger partial charge < -0.3 is 14.6 Å². The van der Waals surface area contributed by atoms with Crippen molar-refractivity contribution in [2.75, 3.05) is 19.4 Å². The van der Waals surface area contributed by atoms with Crippen LogP contribution >= 0.6 is 0 Å². The van der Waals surface area contributed by atoms with Crippen LogP contribution < -0.4 is 5.32 Å². The Kier molecular flexibility index (Phi) is 5.16. The third-order valence-corrected chi connectivity index (χ3v) is 5.20. The highest BCUT2D eigenvalue weighted by Gasteiger charge is 2.23. The second-order valence-corrected chi connectivity index (χ2v) is 6.93. The van der Waals surface area contributed by atoms with Crippen LogP contribution in [0, 0.1) is 11.8 Å². The topological polar surface area (TPSA) is 28.4 Å². The van der Waals surface area contributed by atoms with Gasteiger partial charge in [0, 0.05) is 23.0 Å². The number of hydrogen-bond acceptors (Lipinski definition) is 3. The molecule has 24 heavy (non-hydrogen) atoms. The van der Waals surface area contributed by atoms with E-state index in [1.165, 1.54) is 36.6 Å². The molecular weight excluding hydrogens is 296 g/mol. The fourth-order valence-corrected chi connectivity index (χ4v) is 3.81. The Bertz CT molecular complexity index is 755. The average molecular weight is 324 g/mol. The lowest BCUT2D eigenvalue weighted by molar-refractivity contribution is 0.221. The molecule has 0 unspecified atom stereocenters. The van der Waals surface area contributed by atoms with Crippen molar-refractivity contribution in [3.05, 3.63) is 29.5 Å². The summed E-state index contributed by atoms with van der Waals surface area (Å²) >= 11 is 0. The van der Waals surface area contributed by atoms with Crippen molar-refractivity contribution in [3.63, 3.8) is 0 Å². The molecule has 128 valence electrons. The first-order chi connectivity index (χ1) is 11.6. The summed E-state index contributed by atoms with van der Waals surface area (Å²) < 4.78 is 6.12. The summed E-state index contributed by atoms with van der Waals surface area (Å²) in [5, 5.41) is 4.93. The monoisotopic (exact) mass is 324 g/mol. The second kappa shape index (κ2) is 7.32. The fourth-order valence-electron chi connectivity index (χ4n) is 3.81. The first-order valence-electron chi connectivity index (χ1n) is 9.04. The van der Waals surface area contributed by atoms with Gasteiger partial charge in [-0.2, -0.15) is 0 Å². The van der Waals surface area contributed by atoms with E-state index in [0.717, 1.165) is 29.5 Å². The van der Waals surface area contributed by atoms with Crippen LogP contribution in [0.3, 0.4) is 0 Å². The van der Waals surface area contributed by atoms with Gasteiger partial charge in [-0.3, -0.25) is 0 Å². The number of benzene rings is 1. The smallest absolute Gasteiger partial charge is 0.181 e. The van der Waals surface area contributed by atoms with Crippen LogP contribution in [0.5, 0.6) is 0 Å². The highest BCUT2D eigenvalue weighted by Crippen LogP contribution is 2.33. The minimum absolute atomic E-state index is 0.530. The van der Waals surface area contributed by atoms with E-state index in [0.29, 0.717) is 6.04 Å². The standard InChI is InChI=1S/C21H28N2O/c1-5-8-20-17(6-2)18-9-7-10-19(21(18)24-20)22-15-11-13-16(14-12-15)23(3)4/h7,9-10,15-16,22H,6,11-14H2,1-4H3. The number of nitrogens with one attached hydrogen (secondary N) is 1. The summed E-state index contributed by atoms with van der Waals surface area (Å²) in [6.07, 6.45) is 5.87. The molecule has 0 atom stereocenters. The largest absolute Gasteiger partial charge is 0.445 e. The second-order valence-electron chi connectivity index (χ2n) is 6.93. The maximum Gasteiger partial charge on any atom is 0.181 e. The van der Waals surface area contributed by atoms with Crippen molar-refractivity contribution in [1.82, 2.24) is 4.90 Å². The summed E-state index contributed by atoms with van der Waals surface area (Å²) in [5.41, 5.74) is 3.29. The molecule has 0 radical (unpaired) electrons. The Morgan fingerprint density at radius 2 is 1.96 bits per heavy atom. The van der Waals surface area contributed by atoms with Crippen molar-refractivity contribution in [2.45, 2.75) is 58.0 Å². The summed E-state index contributed by atoms with van der Waals surface area (Å²) in [4.78, 5) is 2.35. The fraction of sp³-hybridized carbons (Fsp3) is 0.524. The van der Waals surface area contributed by atoms with Crippen LogP contribution in [0.4, 0.5) is 5.69 Å². The number of nitrogens with zero attached hydrogens (tertiary/aromatic N) is 1. The summed E-state index contributed by atoms with van der Waals surface area (Å²) in [7, 11) is 4.37. The Morgan fingerprint density at radius 1 is 1.21 bits per heavy atom. The Balaban J connectivity index is 1.84. The Morgan fingerprint density at radius 3 is 2.58 bits per heavy atom. The molecule has 0 saturated heterocycles. The summed E-state index contributed by atoms with van der Waals surface area (Å²) in [5.74, 6) is 6.90. The third-order valence-electron chi connectivity index (χ3n) is 5.20. The van der Waals surface area contributed by atoms with Crippen LogP contribution in [0.25, 0.3) is 11.0 Å². The van der Waals surface area contributed by atoms with Crippen LogP contribution in [0.2, 0.25) is 0 Å². The number of rotatable bonds is 4. The zero-order valence-electron chi connectivity index (χ0n) is 15.3. The molecule has 3 nitrogen and oxygen atoms in total. The molecule has 0 bridgehead atoms. The normalized spacial score (nSPS) is 20.9. The van der Waals surface area contributed by atoms with Crippen LogP contribution in [-0.2, 0) is 6.42 Å². The molecule has 1 heterocycles. The first kappa shape index (κ1) is 16.9. The van der Waals surface area contributed by atoms with Gasteiger partial charge in [0.05, 0.1) is 5.69 Å². The molecule has 3 rings (SSSR count). The van der Waals surface area contributed by atoms with E-state index in [1.54, 1.807) is 0 Å². The van der Waals surface area contributed by atoms with E-state index < -0.39 is 0 Å². The lowest BCUT2D eigenvalue weighted by Crippen LogP contribution is -2.36. The van der Waals surface area contributed by atoms with Gasteiger partial charge in [0.2, 0.25) is 0 Å². The molecule has 1 fully saturated rings. The lowest BCUT2D eigenvalue weighted by Gasteiger charge is -2.33. The number of hydrogen-bond donors (Lipinski definition) is 1. The van der Waals surface area contributed by atoms with Crippen molar-refractivity contribution in [1.29, 1.82) is 0 Å². The minimum atomic E-state index is 0.530. The number of anilines is 1. The van der Waals surface area contributed by atoms with E-state index in [2.05, 4.69) is 61.3 Å². The molecule has 0 aliphatic heterocycles. The molecule has 1 saturated carbocycles. The van der Waals surface area contributed by atoms with Gasteiger partial charge in [-0.05, 0) is 65.1 Å². The van der Waals surface area contributed by atoms with Gasteiger partial charge in [-0.25, -0.2) is 0 Å². The van der Waals surface area contributed by atoms with E-state index >= 15 is 0 Å². The molecule has 1 N–H and O–H groups in total. The van der Waals surface area contributed by atoms with E-state index in [1.807, 2.05) is 6.92 Å². The maximum atomic E-state index is 6.12. The van der Waals surface area contributed by atoms with Gasteiger partial charge >= 0.3 is 0 Å². The molecule has 3 heteroatoms. The zero-order chi connectivity index (χ0) is 17.1. The number of aryl methyl sites for hydroxylation is 1. The molecule has 0 spiro atoms. The van der Waals surface area contributed by atoms with E-state index in [9.17, 15) is 0 Å². The summed E-state index contributed by atoms with van der Waals surface area (Å²) in [6, 6.07) is 7.65. The summed E-state index contributed by atoms with van der Waals surface area (Å²) in [6.45, 7) is 4.02. The predicted octanol–water partition coefficient (Wildman–Crippen LogP) is 4.65. The Hall–Kier alpha value is -1.92. The van der Waals surface area contributed by atoms with E-state index in [4.69, 9.17) is 4.42 Å². The number of para-hydroxylation sites is 1. The van der Waals surface area contributed by atoms with Gasteiger partial charge in [-0.15, -0.1) is 0 Å². The quantitative estimate of drug-likeness (QED) is 0.830. The van der Waals surface area contributed by atoms with Gasteiger partial charge in [0.25, 0.3) is 0 Å². The molecule has 2 aromatic rings. The first-order valence-corrected chi connectivity index (χ1v) is 9.04. The van der Waals surface area contributed by atoms with Crippen molar-refractivity contribution < 1.29 is 4.42 Å². The molecular formula is C21H28N2O. The number of furan rings is 1. The van der Waals surface area contributed by atoms with Crippen LogP contribution in [-0.4, -0.2) is 31.1 Å². The SMILES string of the molecule is CC#Cc1oc2c(NC3CCC(N(C)C)CC3)cccc2c1CC. The average Bonchev–Trinajstić information content (AvgIpc) is 2.94. The van der Waals surface area contributed by atoms with Gasteiger partial charge in [0.1, 0.15) is 0 Å². The van der Waals surface area contributed by atoms with Crippen LogP contribution in [0.15, 0.2) is 22.6 Å². The lowest BCUT2D eigenvalue weighted by atomic mass is 9.90. The third kappa shape index (κ3) is 3.30. The number of fused-ring (bicyclic) bond motifs is 1. The van der Waals surface area contributed by atoms with Crippen molar-refractivity contribution >= 4 is 16.7 Å². The molecule has 1 aromatic heterocycles. The zero-order valence-corrected chi connectivity index (χ0v) is 15.3. The van der Waals surface area contributed by atoms with Crippen LogP contribution in [0.1, 0.15) is 50.9 Å². The highest BCUT2D eigenvalue weighted by atomic mass is 16.3. The van der Waals surface area contributed by atoms with E-state index in [-0.39, 0.29) is 0 Å². The van der Waals surface area contributed by atoms with Gasteiger partial charge in [-0.1, -0.05) is 25.0 Å². The van der Waals surface area contributed by atoms with Crippen molar-refractivity contribution in [2.24, 2.45) is 0 Å². The maximum absolute atomic E-state index is 6.12. The molecule has 0 amide bonds. The molecule has 1 aromatic carbocycles. The predicted molar refractivity (Wildman–Crippen MR) is 101 cm³/mol. The molecule has 1 aliphatic carbocycles. The molecule has 1 aliphatic rings. The van der Waals surface area contributed by atoms with Crippen molar-refractivity contribution in [3.8, 4) is 11.8 Å². The highest BCUT2D eigenvalue weighted by molar-refractivity contribution is 5.93. The minimum Gasteiger partial charge on any atom is -0.445 e.